The minimum absolute atomic E-state index is 0.0774. The van der Waals surface area contributed by atoms with Gasteiger partial charge in [0.2, 0.25) is 0 Å². The van der Waals surface area contributed by atoms with Crippen LogP contribution in [0.2, 0.25) is 5.02 Å². The van der Waals surface area contributed by atoms with Crippen LogP contribution < -0.4 is 10.5 Å². The summed E-state index contributed by atoms with van der Waals surface area (Å²) in [5, 5.41) is 9.22. The monoisotopic (exact) mass is 312 g/mol. The summed E-state index contributed by atoms with van der Waals surface area (Å²) in [7, 11) is 0. The molecule has 0 aliphatic rings. The zero-order chi connectivity index (χ0) is 15.6. The van der Waals surface area contributed by atoms with Gasteiger partial charge >= 0.3 is 6.18 Å². The van der Waals surface area contributed by atoms with E-state index < -0.39 is 17.3 Å². The van der Waals surface area contributed by atoms with E-state index in [-0.39, 0.29) is 17.2 Å². The Morgan fingerprint density at radius 1 is 1.14 bits per heavy atom. The van der Waals surface area contributed by atoms with E-state index in [1.807, 2.05) is 0 Å². The van der Waals surface area contributed by atoms with Crippen LogP contribution in [0.5, 0.6) is 11.5 Å². The van der Waals surface area contributed by atoms with Crippen molar-refractivity contribution in [2.75, 3.05) is 5.73 Å². The van der Waals surface area contributed by atoms with Gasteiger partial charge < -0.3 is 10.5 Å². The highest BCUT2D eigenvalue weighted by Crippen LogP contribution is 2.35. The summed E-state index contributed by atoms with van der Waals surface area (Å²) < 4.78 is 43.4. The van der Waals surface area contributed by atoms with Crippen LogP contribution in [0, 0.1) is 11.3 Å². The van der Waals surface area contributed by atoms with Crippen LogP contribution in [0.4, 0.5) is 18.9 Å². The van der Waals surface area contributed by atoms with Crippen molar-refractivity contribution < 1.29 is 17.9 Å². The Bertz CT molecular complexity index is 723. The molecule has 2 aromatic rings. The van der Waals surface area contributed by atoms with E-state index in [4.69, 9.17) is 27.3 Å². The van der Waals surface area contributed by atoms with E-state index in [1.54, 1.807) is 0 Å². The zero-order valence-electron chi connectivity index (χ0n) is 10.4. The van der Waals surface area contributed by atoms with E-state index in [9.17, 15) is 13.2 Å². The van der Waals surface area contributed by atoms with Crippen LogP contribution in [0.1, 0.15) is 11.1 Å². The number of hydrogen-bond acceptors (Lipinski definition) is 3. The maximum absolute atomic E-state index is 12.7. The van der Waals surface area contributed by atoms with Gasteiger partial charge in [0.25, 0.3) is 0 Å². The second kappa shape index (κ2) is 5.54. The van der Waals surface area contributed by atoms with Crippen molar-refractivity contribution in [1.82, 2.24) is 0 Å². The van der Waals surface area contributed by atoms with Gasteiger partial charge in [-0.2, -0.15) is 18.4 Å². The highest BCUT2D eigenvalue weighted by atomic mass is 35.5. The highest BCUT2D eigenvalue weighted by molar-refractivity contribution is 6.30. The lowest BCUT2D eigenvalue weighted by atomic mass is 10.1. The fourth-order valence-electron chi connectivity index (χ4n) is 1.67. The summed E-state index contributed by atoms with van der Waals surface area (Å²) >= 11 is 5.73. The number of nitrogen functional groups attached to an aromatic ring is 1. The molecule has 0 atom stereocenters. The number of anilines is 1. The first-order valence-electron chi connectivity index (χ1n) is 5.65. The van der Waals surface area contributed by atoms with E-state index >= 15 is 0 Å². The number of benzene rings is 2. The molecule has 0 amide bonds. The lowest BCUT2D eigenvalue weighted by Crippen LogP contribution is -2.07. The van der Waals surface area contributed by atoms with Gasteiger partial charge in [-0.3, -0.25) is 0 Å². The molecule has 0 saturated carbocycles. The number of nitrogens with two attached hydrogens (primary N) is 1. The molecular weight excluding hydrogens is 305 g/mol. The van der Waals surface area contributed by atoms with E-state index in [0.29, 0.717) is 5.02 Å². The second-order valence-electron chi connectivity index (χ2n) is 4.10. The average molecular weight is 313 g/mol. The summed E-state index contributed by atoms with van der Waals surface area (Å²) in [6.07, 6.45) is -4.59. The molecule has 0 unspecified atom stereocenters. The predicted octanol–water partition coefficient (Wildman–Crippen LogP) is 4.60. The van der Waals surface area contributed by atoms with E-state index in [2.05, 4.69) is 0 Å². The van der Waals surface area contributed by atoms with Gasteiger partial charge in [-0.25, -0.2) is 0 Å². The largest absolute Gasteiger partial charge is 0.455 e. The third-order valence-corrected chi connectivity index (χ3v) is 2.85. The van der Waals surface area contributed by atoms with Crippen molar-refractivity contribution in [1.29, 1.82) is 5.26 Å². The second-order valence-corrected chi connectivity index (χ2v) is 4.54. The molecule has 2 aromatic carbocycles. The molecule has 0 saturated heterocycles. The standard InChI is InChI=1S/C14H8ClF3N2O/c15-9-1-4-13(12(20)6-9)21-10-2-3-11(14(16,17)18)8(5-10)7-19/h1-6H,20H2. The third kappa shape index (κ3) is 3.38. The fourth-order valence-corrected chi connectivity index (χ4v) is 1.85. The SMILES string of the molecule is N#Cc1cc(Oc2ccc(Cl)cc2N)ccc1C(F)(F)F. The van der Waals surface area contributed by atoms with Crippen LogP contribution in [0.15, 0.2) is 36.4 Å². The molecule has 0 heterocycles. The van der Waals surface area contributed by atoms with Crippen molar-refractivity contribution >= 4 is 17.3 Å². The average Bonchev–Trinajstić information content (AvgIpc) is 2.40. The predicted molar refractivity (Wildman–Crippen MR) is 72.1 cm³/mol. The summed E-state index contributed by atoms with van der Waals surface area (Å²) in [6, 6.07) is 8.89. The Morgan fingerprint density at radius 2 is 1.86 bits per heavy atom. The highest BCUT2D eigenvalue weighted by Gasteiger charge is 2.33. The molecule has 0 radical (unpaired) electrons. The first kappa shape index (κ1) is 15.0. The molecule has 3 nitrogen and oxygen atoms in total. The lowest BCUT2D eigenvalue weighted by Gasteiger charge is -2.12. The summed E-state index contributed by atoms with van der Waals surface area (Å²) in [5.74, 6) is 0.316. The third-order valence-electron chi connectivity index (χ3n) is 2.62. The Balaban J connectivity index is 2.36. The maximum Gasteiger partial charge on any atom is 0.417 e. The Morgan fingerprint density at radius 3 is 2.43 bits per heavy atom. The van der Waals surface area contributed by atoms with Gasteiger partial charge in [-0.05, 0) is 36.4 Å². The molecule has 21 heavy (non-hydrogen) atoms. The van der Waals surface area contributed by atoms with Crippen LogP contribution >= 0.6 is 11.6 Å². The molecule has 0 fully saturated rings. The van der Waals surface area contributed by atoms with Crippen LogP contribution in [-0.2, 0) is 6.18 Å². The first-order chi connectivity index (χ1) is 9.81. The smallest absolute Gasteiger partial charge is 0.417 e. The molecule has 0 aliphatic heterocycles. The molecule has 0 spiro atoms. The molecule has 2 rings (SSSR count). The minimum Gasteiger partial charge on any atom is -0.455 e. The van der Waals surface area contributed by atoms with Crippen LogP contribution in [-0.4, -0.2) is 0 Å². The first-order valence-corrected chi connectivity index (χ1v) is 6.03. The summed E-state index contributed by atoms with van der Waals surface area (Å²) in [6.45, 7) is 0. The Kier molecular flexibility index (Phi) is 3.96. The number of ether oxygens (including phenoxy) is 1. The van der Waals surface area contributed by atoms with Gasteiger partial charge in [-0.15, -0.1) is 0 Å². The summed E-state index contributed by atoms with van der Waals surface area (Å²) in [4.78, 5) is 0. The number of halogens is 4. The number of rotatable bonds is 2. The molecular formula is C14H8ClF3N2O. The van der Waals surface area contributed by atoms with Gasteiger partial charge in [0.1, 0.15) is 11.5 Å². The fraction of sp³-hybridized carbons (Fsp3) is 0.0714. The normalized spacial score (nSPS) is 11.0. The Labute approximate surface area is 123 Å². The minimum atomic E-state index is -4.59. The van der Waals surface area contributed by atoms with Gasteiger partial charge in [-0.1, -0.05) is 11.6 Å². The van der Waals surface area contributed by atoms with E-state index in [0.717, 1.165) is 18.2 Å². The van der Waals surface area contributed by atoms with Crippen molar-refractivity contribution in [3.05, 3.63) is 52.5 Å². The summed E-state index contributed by atoms with van der Waals surface area (Å²) in [5.41, 5.74) is 4.39. The topological polar surface area (TPSA) is 59.0 Å². The molecule has 2 N–H and O–H groups in total. The molecule has 0 bridgehead atoms. The number of alkyl halides is 3. The van der Waals surface area contributed by atoms with Gasteiger partial charge in [0.15, 0.2) is 0 Å². The van der Waals surface area contributed by atoms with Gasteiger partial charge in [0.05, 0.1) is 22.9 Å². The molecule has 108 valence electrons. The maximum atomic E-state index is 12.7. The van der Waals surface area contributed by atoms with E-state index in [1.165, 1.54) is 24.3 Å². The van der Waals surface area contributed by atoms with Crippen molar-refractivity contribution in [2.45, 2.75) is 6.18 Å². The van der Waals surface area contributed by atoms with Crippen LogP contribution in [0.25, 0.3) is 0 Å². The van der Waals surface area contributed by atoms with Crippen molar-refractivity contribution in [2.24, 2.45) is 0 Å². The zero-order valence-corrected chi connectivity index (χ0v) is 11.2. The number of nitrogens with zero attached hydrogens (tertiary/aromatic N) is 1. The number of nitriles is 1. The van der Waals surface area contributed by atoms with Gasteiger partial charge in [0, 0.05) is 5.02 Å². The number of hydrogen-bond donors (Lipinski definition) is 1. The molecule has 0 aromatic heterocycles. The van der Waals surface area contributed by atoms with Crippen molar-refractivity contribution in [3.63, 3.8) is 0 Å². The van der Waals surface area contributed by atoms with Crippen LogP contribution in [0.3, 0.4) is 0 Å². The lowest BCUT2D eigenvalue weighted by molar-refractivity contribution is -0.137. The van der Waals surface area contributed by atoms with Crippen molar-refractivity contribution in [3.8, 4) is 17.6 Å². The quantitative estimate of drug-likeness (QED) is 0.824. The molecule has 0 aliphatic carbocycles. The molecule has 7 heteroatoms. The Hall–Kier alpha value is -2.39.